The maximum Gasteiger partial charge on any atom is 0.228 e. The normalized spacial score (nSPS) is 15.1. The summed E-state index contributed by atoms with van der Waals surface area (Å²) in [6.45, 7) is 5.39. The highest BCUT2D eigenvalue weighted by molar-refractivity contribution is 7.99. The van der Waals surface area contributed by atoms with Gasteiger partial charge in [-0.1, -0.05) is 25.1 Å². The molecule has 1 atom stereocenters. The first kappa shape index (κ1) is 21.4. The van der Waals surface area contributed by atoms with Crippen LogP contribution in [0.2, 0.25) is 0 Å². The first-order chi connectivity index (χ1) is 13.7. The van der Waals surface area contributed by atoms with E-state index in [4.69, 9.17) is 0 Å². The molecular formula is C21H24N2O4S2. The van der Waals surface area contributed by atoms with Crippen LogP contribution in [-0.2, 0) is 19.4 Å². The van der Waals surface area contributed by atoms with Crippen LogP contribution in [0.4, 0.5) is 11.4 Å². The van der Waals surface area contributed by atoms with Crippen molar-refractivity contribution in [2.75, 3.05) is 22.1 Å². The van der Waals surface area contributed by atoms with Crippen molar-refractivity contribution in [3.8, 4) is 0 Å². The van der Waals surface area contributed by atoms with Crippen LogP contribution >= 0.6 is 11.8 Å². The lowest BCUT2D eigenvalue weighted by Crippen LogP contribution is -2.27. The minimum atomic E-state index is -3.70. The number of rotatable bonds is 5. The molecule has 1 aliphatic heterocycles. The molecule has 0 bridgehead atoms. The minimum absolute atomic E-state index is 0.103. The average Bonchev–Trinajstić information content (AvgIpc) is 2.84. The van der Waals surface area contributed by atoms with Crippen LogP contribution in [0.3, 0.4) is 0 Å². The molecular weight excluding hydrogens is 408 g/mol. The summed E-state index contributed by atoms with van der Waals surface area (Å²) in [6, 6.07) is 10.4. The van der Waals surface area contributed by atoms with E-state index in [1.54, 1.807) is 13.0 Å². The Hall–Kier alpha value is -2.32. The summed E-state index contributed by atoms with van der Waals surface area (Å²) >= 11 is 1.51. The van der Waals surface area contributed by atoms with Gasteiger partial charge in [-0.05, 0) is 43.2 Å². The largest absolute Gasteiger partial charge is 0.325 e. The number of hydrogen-bond acceptors (Lipinski definition) is 5. The Labute approximate surface area is 175 Å². The maximum atomic E-state index is 12.9. The molecule has 29 heavy (non-hydrogen) atoms. The molecule has 0 aromatic heterocycles. The number of fused-ring (bicyclic) bond motifs is 1. The number of anilines is 2. The van der Waals surface area contributed by atoms with Crippen molar-refractivity contribution < 1.29 is 18.0 Å². The summed E-state index contributed by atoms with van der Waals surface area (Å²) in [4.78, 5) is 25.3. The van der Waals surface area contributed by atoms with Gasteiger partial charge in [0.1, 0.15) is 0 Å². The van der Waals surface area contributed by atoms with Crippen LogP contribution in [0.25, 0.3) is 0 Å². The van der Waals surface area contributed by atoms with Gasteiger partial charge in [0.05, 0.1) is 16.3 Å². The molecule has 2 aromatic rings. The van der Waals surface area contributed by atoms with Gasteiger partial charge in [-0.25, -0.2) is 8.42 Å². The van der Waals surface area contributed by atoms with Gasteiger partial charge in [-0.3, -0.25) is 9.59 Å². The minimum Gasteiger partial charge on any atom is -0.325 e. The van der Waals surface area contributed by atoms with Crippen molar-refractivity contribution >= 4 is 44.8 Å². The van der Waals surface area contributed by atoms with E-state index in [9.17, 15) is 18.0 Å². The fourth-order valence-electron chi connectivity index (χ4n) is 3.15. The van der Waals surface area contributed by atoms with Crippen molar-refractivity contribution in [1.29, 1.82) is 0 Å². The predicted molar refractivity (Wildman–Crippen MR) is 116 cm³/mol. The average molecular weight is 433 g/mol. The van der Waals surface area contributed by atoms with Gasteiger partial charge >= 0.3 is 0 Å². The number of thioether (sulfide) groups is 1. The lowest BCUT2D eigenvalue weighted by Gasteiger charge is -2.16. The van der Waals surface area contributed by atoms with Crippen molar-refractivity contribution in [2.45, 2.75) is 37.0 Å². The third kappa shape index (κ3) is 5.00. The summed E-state index contributed by atoms with van der Waals surface area (Å²) in [5.74, 6) is -0.872. The van der Waals surface area contributed by atoms with Gasteiger partial charge in [-0.2, -0.15) is 0 Å². The van der Waals surface area contributed by atoms with Gasteiger partial charge < -0.3 is 10.6 Å². The standard InChI is InChI=1S/C21H24N2O4S2/c1-13-5-4-6-14(2)20(13)23-21(25)15(3)12-29(26,27)16-7-8-18-17(11-16)22-19(24)9-10-28-18/h4-8,11,15H,9-10,12H2,1-3H3,(H,22,24)(H,23,25)/t15-/m0/s1. The second-order valence-corrected chi connectivity index (χ2v) is 10.4. The highest BCUT2D eigenvalue weighted by atomic mass is 32.2. The van der Waals surface area contributed by atoms with Gasteiger partial charge in [0.25, 0.3) is 0 Å². The first-order valence-electron chi connectivity index (χ1n) is 9.34. The molecule has 6 nitrogen and oxygen atoms in total. The molecule has 0 saturated carbocycles. The van der Waals surface area contributed by atoms with Gasteiger partial charge in [-0.15, -0.1) is 11.8 Å². The van der Waals surface area contributed by atoms with E-state index in [2.05, 4.69) is 10.6 Å². The number of carbonyl (C=O) groups excluding carboxylic acids is 2. The third-order valence-corrected chi connectivity index (χ3v) is 7.80. The number of para-hydroxylation sites is 1. The fraction of sp³-hybridized carbons (Fsp3) is 0.333. The zero-order chi connectivity index (χ0) is 21.2. The quantitative estimate of drug-likeness (QED) is 0.750. The molecule has 2 N–H and O–H groups in total. The van der Waals surface area contributed by atoms with E-state index < -0.39 is 15.8 Å². The topological polar surface area (TPSA) is 92.3 Å². The number of aryl methyl sites for hydroxylation is 2. The van der Waals surface area contributed by atoms with E-state index in [1.165, 1.54) is 23.9 Å². The SMILES string of the molecule is Cc1cccc(C)c1NC(=O)[C@@H](C)CS(=O)(=O)c1ccc2c(c1)NC(=O)CCS2. The molecule has 3 rings (SSSR count). The number of benzene rings is 2. The molecule has 0 fully saturated rings. The zero-order valence-electron chi connectivity index (χ0n) is 16.6. The Morgan fingerprint density at radius 2 is 1.90 bits per heavy atom. The molecule has 0 radical (unpaired) electrons. The van der Waals surface area contributed by atoms with E-state index in [0.29, 0.717) is 23.5 Å². The highest BCUT2D eigenvalue weighted by Crippen LogP contribution is 2.33. The Bertz CT molecular complexity index is 1040. The van der Waals surface area contributed by atoms with Crippen molar-refractivity contribution in [1.82, 2.24) is 0 Å². The number of amides is 2. The number of carbonyl (C=O) groups is 2. The molecule has 0 aliphatic carbocycles. The molecule has 0 spiro atoms. The summed E-state index contributed by atoms with van der Waals surface area (Å²) in [5, 5.41) is 5.61. The number of hydrogen-bond donors (Lipinski definition) is 2. The van der Waals surface area contributed by atoms with E-state index in [-0.39, 0.29) is 22.5 Å². The fourth-order valence-corrected chi connectivity index (χ4v) is 5.66. The first-order valence-corrected chi connectivity index (χ1v) is 12.0. The molecule has 2 amide bonds. The number of sulfone groups is 1. The molecule has 0 saturated heterocycles. The van der Waals surface area contributed by atoms with E-state index in [0.717, 1.165) is 16.0 Å². The Morgan fingerprint density at radius 1 is 1.21 bits per heavy atom. The van der Waals surface area contributed by atoms with Crippen LogP contribution in [0, 0.1) is 19.8 Å². The second-order valence-electron chi connectivity index (χ2n) is 7.24. The van der Waals surface area contributed by atoms with Crippen LogP contribution < -0.4 is 10.6 Å². The zero-order valence-corrected chi connectivity index (χ0v) is 18.2. The molecule has 0 unspecified atom stereocenters. The summed E-state index contributed by atoms with van der Waals surface area (Å²) in [6.07, 6.45) is 0.386. The lowest BCUT2D eigenvalue weighted by atomic mass is 10.1. The van der Waals surface area contributed by atoms with Gasteiger partial charge in [0.2, 0.25) is 11.8 Å². The molecule has 154 valence electrons. The van der Waals surface area contributed by atoms with Crippen molar-refractivity contribution in [3.05, 3.63) is 47.5 Å². The van der Waals surface area contributed by atoms with Crippen molar-refractivity contribution in [2.24, 2.45) is 5.92 Å². The lowest BCUT2D eigenvalue weighted by molar-refractivity contribution is -0.119. The maximum absolute atomic E-state index is 12.9. The smallest absolute Gasteiger partial charge is 0.228 e. The Balaban J connectivity index is 1.76. The van der Waals surface area contributed by atoms with Gasteiger partial charge in [0, 0.05) is 28.7 Å². The van der Waals surface area contributed by atoms with Crippen LogP contribution in [-0.4, -0.2) is 31.7 Å². The second kappa shape index (κ2) is 8.59. The number of nitrogens with one attached hydrogen (secondary N) is 2. The van der Waals surface area contributed by atoms with E-state index in [1.807, 2.05) is 32.0 Å². The van der Waals surface area contributed by atoms with Crippen molar-refractivity contribution in [3.63, 3.8) is 0 Å². The third-order valence-electron chi connectivity index (χ3n) is 4.82. The summed E-state index contributed by atoms with van der Waals surface area (Å²) < 4.78 is 25.8. The summed E-state index contributed by atoms with van der Waals surface area (Å²) in [5.41, 5.74) is 3.07. The molecule has 2 aromatic carbocycles. The van der Waals surface area contributed by atoms with Crippen LogP contribution in [0.5, 0.6) is 0 Å². The van der Waals surface area contributed by atoms with Crippen LogP contribution in [0.1, 0.15) is 24.5 Å². The molecule has 1 heterocycles. The van der Waals surface area contributed by atoms with Gasteiger partial charge in [0.15, 0.2) is 9.84 Å². The van der Waals surface area contributed by atoms with E-state index >= 15 is 0 Å². The Kier molecular flexibility index (Phi) is 6.33. The molecule has 1 aliphatic rings. The monoisotopic (exact) mass is 432 g/mol. The Morgan fingerprint density at radius 3 is 2.59 bits per heavy atom. The summed E-state index contributed by atoms with van der Waals surface area (Å²) in [7, 11) is -3.70. The predicted octanol–water partition coefficient (Wildman–Crippen LogP) is 3.79. The molecule has 8 heteroatoms. The highest BCUT2D eigenvalue weighted by Gasteiger charge is 2.25. The van der Waals surface area contributed by atoms with Crippen LogP contribution in [0.15, 0.2) is 46.2 Å².